The van der Waals surface area contributed by atoms with Gasteiger partial charge in [-0.2, -0.15) is 0 Å². The van der Waals surface area contributed by atoms with Crippen LogP contribution in [0.15, 0.2) is 48.5 Å². The molecule has 2 aromatic carbocycles. The first-order valence-electron chi connectivity index (χ1n) is 7.34. The Kier molecular flexibility index (Phi) is 5.77. The van der Waals surface area contributed by atoms with E-state index in [0.29, 0.717) is 17.0 Å². The van der Waals surface area contributed by atoms with Gasteiger partial charge in [-0.1, -0.05) is 61.8 Å². The molecule has 0 aromatic heterocycles. The maximum atomic E-state index is 14.0. The van der Waals surface area contributed by atoms with Crippen LogP contribution in [0.1, 0.15) is 31.0 Å². The summed E-state index contributed by atoms with van der Waals surface area (Å²) < 4.78 is 14.0. The van der Waals surface area contributed by atoms with Gasteiger partial charge in [-0.05, 0) is 36.6 Å². The Bertz CT molecular complexity index is 550. The third-order valence-electron chi connectivity index (χ3n) is 3.74. The molecule has 112 valence electrons. The van der Waals surface area contributed by atoms with Gasteiger partial charge >= 0.3 is 0 Å². The van der Waals surface area contributed by atoms with Crippen molar-refractivity contribution in [3.05, 3.63) is 70.5 Å². The van der Waals surface area contributed by atoms with E-state index in [9.17, 15) is 4.39 Å². The molecule has 2 atom stereocenters. The summed E-state index contributed by atoms with van der Waals surface area (Å²) in [6.07, 6.45) is 0.609. The fraction of sp³-hybridized carbons (Fsp3) is 0.333. The zero-order valence-corrected chi connectivity index (χ0v) is 13.2. The van der Waals surface area contributed by atoms with E-state index in [-0.39, 0.29) is 17.8 Å². The second kappa shape index (κ2) is 7.58. The van der Waals surface area contributed by atoms with Crippen molar-refractivity contribution >= 4 is 11.6 Å². The van der Waals surface area contributed by atoms with E-state index in [4.69, 9.17) is 11.6 Å². The van der Waals surface area contributed by atoms with Gasteiger partial charge in [0.05, 0.1) is 0 Å². The Balaban J connectivity index is 2.21. The molecule has 0 spiro atoms. The first-order chi connectivity index (χ1) is 10.1. The molecule has 3 heteroatoms. The zero-order valence-electron chi connectivity index (χ0n) is 12.4. The molecule has 2 rings (SSSR count). The molecular weight excluding hydrogens is 285 g/mol. The van der Waals surface area contributed by atoms with E-state index < -0.39 is 0 Å². The van der Waals surface area contributed by atoms with Crippen molar-refractivity contribution in [3.63, 3.8) is 0 Å². The first kappa shape index (κ1) is 16.0. The summed E-state index contributed by atoms with van der Waals surface area (Å²) in [6, 6.07) is 15.3. The smallest absolute Gasteiger partial charge is 0.127 e. The van der Waals surface area contributed by atoms with Crippen molar-refractivity contribution in [2.45, 2.75) is 26.3 Å². The molecule has 0 bridgehead atoms. The fourth-order valence-corrected chi connectivity index (χ4v) is 2.94. The Morgan fingerprint density at radius 3 is 2.43 bits per heavy atom. The van der Waals surface area contributed by atoms with Crippen LogP contribution in [0.4, 0.5) is 4.39 Å². The van der Waals surface area contributed by atoms with Gasteiger partial charge in [-0.15, -0.1) is 0 Å². The average molecular weight is 306 g/mol. The number of hydrogen-bond acceptors (Lipinski definition) is 1. The molecule has 0 heterocycles. The van der Waals surface area contributed by atoms with Crippen LogP contribution in [-0.2, 0) is 6.42 Å². The quantitative estimate of drug-likeness (QED) is 0.791. The predicted molar refractivity (Wildman–Crippen MR) is 87.1 cm³/mol. The molecule has 0 amide bonds. The molecule has 0 aliphatic carbocycles. The van der Waals surface area contributed by atoms with Crippen molar-refractivity contribution in [2.75, 3.05) is 6.54 Å². The molecule has 2 aromatic rings. The standard InChI is InChI=1S/C18H21ClFN/c1-3-21-18(14-8-5-4-6-9-14)13(2)12-15-16(19)10-7-11-17(15)20/h4-11,13,18,21H,3,12H2,1-2H3. The lowest BCUT2D eigenvalue weighted by molar-refractivity contribution is 0.387. The molecule has 0 aliphatic rings. The van der Waals surface area contributed by atoms with Crippen molar-refractivity contribution in [1.82, 2.24) is 5.32 Å². The lowest BCUT2D eigenvalue weighted by Crippen LogP contribution is -2.28. The normalized spacial score (nSPS) is 13.9. The average Bonchev–Trinajstić information content (AvgIpc) is 2.49. The van der Waals surface area contributed by atoms with Gasteiger partial charge in [0.25, 0.3) is 0 Å². The van der Waals surface area contributed by atoms with Crippen LogP contribution in [0.5, 0.6) is 0 Å². The molecule has 2 unspecified atom stereocenters. The van der Waals surface area contributed by atoms with E-state index in [2.05, 4.69) is 31.3 Å². The van der Waals surface area contributed by atoms with Crippen molar-refractivity contribution < 1.29 is 4.39 Å². The van der Waals surface area contributed by atoms with E-state index in [1.807, 2.05) is 18.2 Å². The third-order valence-corrected chi connectivity index (χ3v) is 4.09. The lowest BCUT2D eigenvalue weighted by atomic mass is 9.89. The summed E-state index contributed by atoms with van der Waals surface area (Å²) in [6.45, 7) is 5.08. The van der Waals surface area contributed by atoms with Crippen LogP contribution in [0.25, 0.3) is 0 Å². The summed E-state index contributed by atoms with van der Waals surface area (Å²) in [5.74, 6) is 0.0133. The maximum Gasteiger partial charge on any atom is 0.127 e. The molecule has 21 heavy (non-hydrogen) atoms. The summed E-state index contributed by atoms with van der Waals surface area (Å²) >= 11 is 6.14. The highest BCUT2D eigenvalue weighted by molar-refractivity contribution is 6.31. The first-order valence-corrected chi connectivity index (χ1v) is 7.72. The molecular formula is C18H21ClFN. The Hall–Kier alpha value is -1.38. The van der Waals surface area contributed by atoms with E-state index in [1.54, 1.807) is 12.1 Å². The minimum atomic E-state index is -0.224. The predicted octanol–water partition coefficient (Wildman–Crippen LogP) is 5.01. The van der Waals surface area contributed by atoms with Crippen LogP contribution in [0.3, 0.4) is 0 Å². The number of rotatable bonds is 6. The van der Waals surface area contributed by atoms with Crippen LogP contribution < -0.4 is 5.32 Å². The van der Waals surface area contributed by atoms with Gasteiger partial charge in [0.2, 0.25) is 0 Å². The largest absolute Gasteiger partial charge is 0.310 e. The molecule has 0 fully saturated rings. The second-order valence-corrected chi connectivity index (χ2v) is 5.73. The van der Waals surface area contributed by atoms with Gasteiger partial charge in [0, 0.05) is 16.6 Å². The summed E-state index contributed by atoms with van der Waals surface area (Å²) in [5.41, 5.74) is 1.82. The molecule has 0 saturated heterocycles. The second-order valence-electron chi connectivity index (χ2n) is 5.33. The van der Waals surface area contributed by atoms with Crippen molar-refractivity contribution in [1.29, 1.82) is 0 Å². The Labute approximate surface area is 131 Å². The number of benzene rings is 2. The zero-order chi connectivity index (χ0) is 15.2. The molecule has 0 saturated carbocycles. The van der Waals surface area contributed by atoms with Gasteiger partial charge < -0.3 is 5.32 Å². The summed E-state index contributed by atoms with van der Waals surface area (Å²) in [4.78, 5) is 0. The third kappa shape index (κ3) is 4.05. The van der Waals surface area contributed by atoms with Crippen molar-refractivity contribution in [3.8, 4) is 0 Å². The van der Waals surface area contributed by atoms with Gasteiger partial charge in [0.1, 0.15) is 5.82 Å². The highest BCUT2D eigenvalue weighted by Gasteiger charge is 2.21. The molecule has 1 N–H and O–H groups in total. The maximum absolute atomic E-state index is 14.0. The van der Waals surface area contributed by atoms with Gasteiger partial charge in [-0.25, -0.2) is 4.39 Å². The number of halogens is 2. The van der Waals surface area contributed by atoms with Gasteiger partial charge in [0.15, 0.2) is 0 Å². The Morgan fingerprint density at radius 1 is 1.10 bits per heavy atom. The van der Waals surface area contributed by atoms with Crippen LogP contribution >= 0.6 is 11.6 Å². The molecule has 1 nitrogen and oxygen atoms in total. The molecule has 0 radical (unpaired) electrons. The number of hydrogen-bond donors (Lipinski definition) is 1. The summed E-state index contributed by atoms with van der Waals surface area (Å²) in [7, 11) is 0. The van der Waals surface area contributed by atoms with Crippen LogP contribution in [0.2, 0.25) is 5.02 Å². The van der Waals surface area contributed by atoms with E-state index in [1.165, 1.54) is 11.6 Å². The topological polar surface area (TPSA) is 12.0 Å². The monoisotopic (exact) mass is 305 g/mol. The van der Waals surface area contributed by atoms with Crippen LogP contribution in [0, 0.1) is 11.7 Å². The summed E-state index contributed by atoms with van der Waals surface area (Å²) in [5, 5.41) is 4.00. The lowest BCUT2D eigenvalue weighted by Gasteiger charge is -2.26. The van der Waals surface area contributed by atoms with Crippen molar-refractivity contribution in [2.24, 2.45) is 5.92 Å². The molecule has 0 aliphatic heterocycles. The van der Waals surface area contributed by atoms with Gasteiger partial charge in [-0.3, -0.25) is 0 Å². The fourth-order valence-electron chi connectivity index (χ4n) is 2.70. The highest BCUT2D eigenvalue weighted by atomic mass is 35.5. The van der Waals surface area contributed by atoms with Crippen LogP contribution in [-0.4, -0.2) is 6.54 Å². The minimum absolute atomic E-state index is 0.187. The minimum Gasteiger partial charge on any atom is -0.310 e. The number of nitrogens with one attached hydrogen (secondary N) is 1. The highest BCUT2D eigenvalue weighted by Crippen LogP contribution is 2.29. The van der Waals surface area contributed by atoms with E-state index >= 15 is 0 Å². The SMILES string of the molecule is CCNC(c1ccccc1)C(C)Cc1c(F)cccc1Cl. The Morgan fingerprint density at radius 2 is 1.81 bits per heavy atom. The van der Waals surface area contributed by atoms with E-state index in [0.717, 1.165) is 6.54 Å².